The first-order valence-electron chi connectivity index (χ1n) is 4.04. The molecule has 0 amide bonds. The van der Waals surface area contributed by atoms with Crippen LogP contribution in [0.4, 0.5) is 0 Å². The Morgan fingerprint density at radius 3 is 2.20 bits per heavy atom. The first kappa shape index (κ1) is 8.02. The lowest BCUT2D eigenvalue weighted by atomic mass is 9.90. The maximum absolute atomic E-state index is 5.19. The van der Waals surface area contributed by atoms with E-state index in [0.717, 1.165) is 0 Å². The summed E-state index contributed by atoms with van der Waals surface area (Å²) in [5.74, 6) is 5.86. The van der Waals surface area contributed by atoms with Gasteiger partial charge in [0.2, 0.25) is 0 Å². The third-order valence-electron chi connectivity index (χ3n) is 2.64. The van der Waals surface area contributed by atoms with Gasteiger partial charge in [0.05, 0.1) is 5.60 Å². The molecular formula is C8H17NO. The van der Waals surface area contributed by atoms with E-state index in [4.69, 9.17) is 10.7 Å². The molecule has 0 saturated heterocycles. The Morgan fingerprint density at radius 1 is 1.30 bits per heavy atom. The van der Waals surface area contributed by atoms with E-state index in [9.17, 15) is 0 Å². The summed E-state index contributed by atoms with van der Waals surface area (Å²) in [6, 6.07) is 0. The standard InChI is InChI=1S/C8H17NO/c1-8(2,10-9)7-5-3-4-6-7/h7H,3-6,9H2,1-2H3. The predicted molar refractivity (Wildman–Crippen MR) is 41.3 cm³/mol. The molecule has 2 nitrogen and oxygen atoms in total. The third-order valence-corrected chi connectivity index (χ3v) is 2.64. The molecule has 1 aliphatic carbocycles. The molecule has 1 aliphatic rings. The van der Waals surface area contributed by atoms with Crippen molar-refractivity contribution in [3.8, 4) is 0 Å². The number of hydrogen-bond donors (Lipinski definition) is 1. The Kier molecular flexibility index (Phi) is 2.32. The molecule has 0 aromatic carbocycles. The molecule has 0 bridgehead atoms. The second-order valence-corrected chi connectivity index (χ2v) is 3.70. The van der Waals surface area contributed by atoms with Gasteiger partial charge in [0.1, 0.15) is 0 Å². The fraction of sp³-hybridized carbons (Fsp3) is 1.00. The summed E-state index contributed by atoms with van der Waals surface area (Å²) in [4.78, 5) is 4.92. The van der Waals surface area contributed by atoms with E-state index in [-0.39, 0.29) is 5.60 Å². The molecule has 0 unspecified atom stereocenters. The topological polar surface area (TPSA) is 35.2 Å². The van der Waals surface area contributed by atoms with Crippen LogP contribution in [0.25, 0.3) is 0 Å². The minimum atomic E-state index is -0.101. The van der Waals surface area contributed by atoms with Gasteiger partial charge in [-0.05, 0) is 32.6 Å². The molecule has 0 spiro atoms. The van der Waals surface area contributed by atoms with E-state index in [1.807, 2.05) is 0 Å². The fourth-order valence-electron chi connectivity index (χ4n) is 1.72. The predicted octanol–water partition coefficient (Wildman–Crippen LogP) is 1.85. The molecule has 1 saturated carbocycles. The lowest BCUT2D eigenvalue weighted by molar-refractivity contribution is -0.0608. The van der Waals surface area contributed by atoms with Crippen LogP contribution in [0.5, 0.6) is 0 Å². The molecule has 0 atom stereocenters. The van der Waals surface area contributed by atoms with E-state index in [0.29, 0.717) is 5.92 Å². The highest BCUT2D eigenvalue weighted by molar-refractivity contribution is 4.82. The summed E-state index contributed by atoms with van der Waals surface area (Å²) in [5, 5.41) is 0. The minimum Gasteiger partial charge on any atom is -0.298 e. The summed E-state index contributed by atoms with van der Waals surface area (Å²) >= 11 is 0. The normalized spacial score (nSPS) is 21.9. The summed E-state index contributed by atoms with van der Waals surface area (Å²) in [7, 11) is 0. The van der Waals surface area contributed by atoms with Gasteiger partial charge in [0, 0.05) is 0 Å². The third kappa shape index (κ3) is 1.50. The summed E-state index contributed by atoms with van der Waals surface area (Å²) in [5.41, 5.74) is -0.101. The van der Waals surface area contributed by atoms with Crippen LogP contribution in [0.3, 0.4) is 0 Å². The van der Waals surface area contributed by atoms with Crippen LogP contribution in [0.15, 0.2) is 0 Å². The molecule has 10 heavy (non-hydrogen) atoms. The molecule has 2 heteroatoms. The van der Waals surface area contributed by atoms with Gasteiger partial charge in [0.25, 0.3) is 0 Å². The quantitative estimate of drug-likeness (QED) is 0.599. The monoisotopic (exact) mass is 143 g/mol. The Morgan fingerprint density at radius 2 is 1.80 bits per heavy atom. The second-order valence-electron chi connectivity index (χ2n) is 3.70. The van der Waals surface area contributed by atoms with Gasteiger partial charge in [-0.15, -0.1) is 0 Å². The van der Waals surface area contributed by atoms with Gasteiger partial charge in [-0.3, -0.25) is 4.84 Å². The van der Waals surface area contributed by atoms with Crippen LogP contribution >= 0.6 is 0 Å². The molecule has 2 N–H and O–H groups in total. The number of hydrogen-bond acceptors (Lipinski definition) is 2. The smallest absolute Gasteiger partial charge is 0.0865 e. The largest absolute Gasteiger partial charge is 0.298 e. The van der Waals surface area contributed by atoms with Crippen LogP contribution in [-0.4, -0.2) is 5.60 Å². The Balaban J connectivity index is 2.45. The maximum Gasteiger partial charge on any atom is 0.0865 e. The van der Waals surface area contributed by atoms with Gasteiger partial charge in [-0.1, -0.05) is 12.8 Å². The van der Waals surface area contributed by atoms with Crippen molar-refractivity contribution >= 4 is 0 Å². The molecule has 0 aromatic rings. The first-order valence-corrected chi connectivity index (χ1v) is 4.04. The lowest BCUT2D eigenvalue weighted by Gasteiger charge is -2.28. The van der Waals surface area contributed by atoms with E-state index < -0.39 is 0 Å². The fourth-order valence-corrected chi connectivity index (χ4v) is 1.72. The van der Waals surface area contributed by atoms with Crippen LogP contribution in [0.2, 0.25) is 0 Å². The van der Waals surface area contributed by atoms with Crippen molar-refractivity contribution in [2.45, 2.75) is 45.1 Å². The van der Waals surface area contributed by atoms with Crippen LogP contribution in [-0.2, 0) is 4.84 Å². The van der Waals surface area contributed by atoms with Gasteiger partial charge < -0.3 is 0 Å². The van der Waals surface area contributed by atoms with Crippen LogP contribution in [0, 0.1) is 5.92 Å². The van der Waals surface area contributed by atoms with Gasteiger partial charge in [0.15, 0.2) is 0 Å². The van der Waals surface area contributed by atoms with Gasteiger partial charge in [-0.2, -0.15) is 0 Å². The van der Waals surface area contributed by atoms with Crippen molar-refractivity contribution in [3.05, 3.63) is 0 Å². The summed E-state index contributed by atoms with van der Waals surface area (Å²) < 4.78 is 0. The van der Waals surface area contributed by atoms with Crippen LogP contribution in [0.1, 0.15) is 39.5 Å². The van der Waals surface area contributed by atoms with E-state index in [1.54, 1.807) is 0 Å². The molecule has 60 valence electrons. The van der Waals surface area contributed by atoms with Crippen molar-refractivity contribution < 1.29 is 4.84 Å². The minimum absolute atomic E-state index is 0.101. The molecule has 1 fully saturated rings. The average molecular weight is 143 g/mol. The van der Waals surface area contributed by atoms with Gasteiger partial charge in [-0.25, -0.2) is 5.90 Å². The van der Waals surface area contributed by atoms with Crippen molar-refractivity contribution in [3.63, 3.8) is 0 Å². The van der Waals surface area contributed by atoms with Crippen LogP contribution < -0.4 is 5.90 Å². The maximum atomic E-state index is 5.19. The highest BCUT2D eigenvalue weighted by atomic mass is 16.6. The highest BCUT2D eigenvalue weighted by Gasteiger charge is 2.32. The van der Waals surface area contributed by atoms with Crippen molar-refractivity contribution in [2.24, 2.45) is 11.8 Å². The second kappa shape index (κ2) is 2.89. The zero-order valence-electron chi connectivity index (χ0n) is 6.89. The zero-order chi connectivity index (χ0) is 7.61. The average Bonchev–Trinajstić information content (AvgIpc) is 2.38. The first-order chi connectivity index (χ1) is 4.67. The Bertz CT molecular complexity index is 106. The molecule has 0 heterocycles. The highest BCUT2D eigenvalue weighted by Crippen LogP contribution is 2.34. The molecule has 0 radical (unpaired) electrons. The van der Waals surface area contributed by atoms with E-state index in [2.05, 4.69) is 13.8 Å². The Labute approximate surface area is 62.7 Å². The van der Waals surface area contributed by atoms with E-state index in [1.165, 1.54) is 25.7 Å². The molecule has 0 aromatic heterocycles. The van der Waals surface area contributed by atoms with Crippen molar-refractivity contribution in [1.82, 2.24) is 0 Å². The van der Waals surface area contributed by atoms with Gasteiger partial charge >= 0.3 is 0 Å². The summed E-state index contributed by atoms with van der Waals surface area (Å²) in [6.45, 7) is 4.14. The Hall–Kier alpha value is -0.0800. The zero-order valence-corrected chi connectivity index (χ0v) is 6.89. The number of rotatable bonds is 2. The number of nitrogens with two attached hydrogens (primary N) is 1. The SMILES string of the molecule is CC(C)(ON)C1CCCC1. The molecule has 0 aliphatic heterocycles. The van der Waals surface area contributed by atoms with E-state index >= 15 is 0 Å². The lowest BCUT2D eigenvalue weighted by Crippen LogP contribution is -2.35. The summed E-state index contributed by atoms with van der Waals surface area (Å²) in [6.07, 6.45) is 5.25. The van der Waals surface area contributed by atoms with Crippen molar-refractivity contribution in [1.29, 1.82) is 0 Å². The van der Waals surface area contributed by atoms with Crippen molar-refractivity contribution in [2.75, 3.05) is 0 Å². The molecule has 1 rings (SSSR count). The molecular weight excluding hydrogens is 126 g/mol.